The van der Waals surface area contributed by atoms with Gasteiger partial charge in [-0.1, -0.05) is 35.9 Å². The van der Waals surface area contributed by atoms with E-state index in [9.17, 15) is 9.59 Å². The van der Waals surface area contributed by atoms with Crippen molar-refractivity contribution >= 4 is 35.2 Å². The van der Waals surface area contributed by atoms with Crippen LogP contribution in [0.1, 0.15) is 11.3 Å². The van der Waals surface area contributed by atoms with Crippen LogP contribution in [-0.4, -0.2) is 18.4 Å². The van der Waals surface area contributed by atoms with Crippen molar-refractivity contribution < 1.29 is 18.7 Å². The van der Waals surface area contributed by atoms with Crippen LogP contribution in [0.2, 0.25) is 5.02 Å². The molecule has 4 rings (SSSR count). The van der Waals surface area contributed by atoms with Gasteiger partial charge in [-0.2, -0.15) is 0 Å². The Morgan fingerprint density at radius 1 is 1.10 bits per heavy atom. The molecule has 0 aliphatic carbocycles. The van der Waals surface area contributed by atoms with Gasteiger partial charge in [-0.05, 0) is 48.0 Å². The maximum Gasteiger partial charge on any atom is 0.294 e. The highest BCUT2D eigenvalue weighted by molar-refractivity contribution is 6.30. The van der Waals surface area contributed by atoms with Gasteiger partial charge in [0, 0.05) is 5.02 Å². The molecule has 1 aromatic heterocycles. The van der Waals surface area contributed by atoms with Gasteiger partial charge in [0.1, 0.15) is 12.3 Å². The summed E-state index contributed by atoms with van der Waals surface area (Å²) in [5.41, 5.74) is 1.26. The van der Waals surface area contributed by atoms with Crippen molar-refractivity contribution in [3.05, 3.63) is 89.0 Å². The molecule has 0 saturated heterocycles. The number of rotatable bonds is 5. The number of nitrogens with zero attached hydrogens (tertiary/aromatic N) is 1. The fourth-order valence-electron chi connectivity index (χ4n) is 2.97. The van der Waals surface area contributed by atoms with Gasteiger partial charge in [0.15, 0.2) is 11.5 Å². The lowest BCUT2D eigenvalue weighted by molar-refractivity contribution is -0.123. The van der Waals surface area contributed by atoms with Crippen molar-refractivity contribution in [3.63, 3.8) is 0 Å². The first-order valence-electron chi connectivity index (χ1n) is 8.95. The molecule has 0 bridgehead atoms. The lowest BCUT2D eigenvalue weighted by Gasteiger charge is -2.30. The lowest BCUT2D eigenvalue weighted by atomic mass is 10.1. The van der Waals surface area contributed by atoms with E-state index in [-0.39, 0.29) is 24.8 Å². The summed E-state index contributed by atoms with van der Waals surface area (Å²) in [4.78, 5) is 26.9. The number of benzene rings is 2. The number of amides is 2. The molecular formula is C22H17ClN2O4. The first-order valence-corrected chi connectivity index (χ1v) is 9.33. The molecule has 0 unspecified atom stereocenters. The summed E-state index contributed by atoms with van der Waals surface area (Å²) in [6.45, 7) is 0.101. The third-order valence-electron chi connectivity index (χ3n) is 4.32. The summed E-state index contributed by atoms with van der Waals surface area (Å²) in [5, 5.41) is 3.30. The molecule has 3 aromatic rings. The third kappa shape index (κ3) is 4.33. The number of hydrogen-bond acceptors (Lipinski definition) is 4. The maximum absolute atomic E-state index is 13.0. The molecule has 7 heteroatoms. The molecule has 0 atom stereocenters. The molecule has 0 fully saturated rings. The van der Waals surface area contributed by atoms with Gasteiger partial charge in [-0.15, -0.1) is 0 Å². The van der Waals surface area contributed by atoms with E-state index >= 15 is 0 Å². The number of hydrogen-bond donors (Lipinski definition) is 1. The van der Waals surface area contributed by atoms with Crippen LogP contribution < -0.4 is 15.0 Å². The van der Waals surface area contributed by atoms with E-state index in [1.807, 2.05) is 6.07 Å². The van der Waals surface area contributed by atoms with Crippen molar-refractivity contribution in [1.82, 2.24) is 5.32 Å². The molecule has 29 heavy (non-hydrogen) atoms. The Kier molecular flexibility index (Phi) is 5.35. The van der Waals surface area contributed by atoms with Crippen LogP contribution in [0.15, 0.2) is 77.1 Å². The van der Waals surface area contributed by atoms with Crippen LogP contribution in [0.5, 0.6) is 5.75 Å². The Hall–Kier alpha value is -3.51. The Morgan fingerprint density at radius 2 is 1.97 bits per heavy atom. The van der Waals surface area contributed by atoms with E-state index in [1.54, 1.807) is 60.7 Å². The zero-order valence-corrected chi connectivity index (χ0v) is 16.1. The zero-order chi connectivity index (χ0) is 20.2. The summed E-state index contributed by atoms with van der Waals surface area (Å²) in [6, 6.07) is 17.7. The van der Waals surface area contributed by atoms with Gasteiger partial charge in [0.2, 0.25) is 5.91 Å². The Labute approximate surface area is 172 Å². The van der Waals surface area contributed by atoms with Crippen molar-refractivity contribution in [2.24, 2.45) is 0 Å². The molecule has 0 spiro atoms. The van der Waals surface area contributed by atoms with Gasteiger partial charge >= 0.3 is 0 Å². The zero-order valence-electron chi connectivity index (χ0n) is 15.3. The molecule has 0 radical (unpaired) electrons. The standard InChI is InChI=1S/C22H17ClN2O4/c23-16-6-3-5-15(11-16)12-20-22(27)25(18-8-1-2-9-19(18)29-20)14-21(26)24-13-17-7-4-10-28-17/h1-12H,13-14H2,(H,24,26)/b20-12+. The van der Waals surface area contributed by atoms with E-state index in [1.165, 1.54) is 11.2 Å². The number of nitrogens with one attached hydrogen (secondary N) is 1. The number of carbonyl (C=O) groups is 2. The average molecular weight is 409 g/mol. The van der Waals surface area contributed by atoms with Crippen molar-refractivity contribution in [2.75, 3.05) is 11.4 Å². The summed E-state index contributed by atoms with van der Waals surface area (Å²) in [5.74, 6) is 0.531. The topological polar surface area (TPSA) is 71.8 Å². The maximum atomic E-state index is 13.0. The number of fused-ring (bicyclic) bond motifs is 1. The Balaban J connectivity index is 1.58. The number of halogens is 1. The third-order valence-corrected chi connectivity index (χ3v) is 4.56. The van der Waals surface area contributed by atoms with Gasteiger partial charge in [0.05, 0.1) is 18.5 Å². The van der Waals surface area contributed by atoms with Gasteiger partial charge in [0.25, 0.3) is 5.91 Å². The molecule has 1 aliphatic rings. The monoisotopic (exact) mass is 408 g/mol. The number of anilines is 1. The van der Waals surface area contributed by atoms with Crippen LogP contribution in [0, 0.1) is 0 Å². The SMILES string of the molecule is O=C(CN1C(=O)/C(=C\c2cccc(Cl)c2)Oc2ccccc21)NCc1ccco1. The quantitative estimate of drug-likeness (QED) is 0.647. The molecule has 146 valence electrons. The fourth-order valence-corrected chi connectivity index (χ4v) is 3.16. The number of para-hydroxylation sites is 2. The molecule has 2 aromatic carbocycles. The van der Waals surface area contributed by atoms with E-state index in [2.05, 4.69) is 5.32 Å². The molecule has 2 heterocycles. The van der Waals surface area contributed by atoms with Crippen LogP contribution >= 0.6 is 11.6 Å². The van der Waals surface area contributed by atoms with Crippen LogP contribution in [0.3, 0.4) is 0 Å². The van der Waals surface area contributed by atoms with Crippen LogP contribution in [0.4, 0.5) is 5.69 Å². The second kappa shape index (κ2) is 8.24. The summed E-state index contributed by atoms with van der Waals surface area (Å²) in [7, 11) is 0. The Bertz CT molecular complexity index is 1080. The predicted molar refractivity (Wildman–Crippen MR) is 109 cm³/mol. The highest BCUT2D eigenvalue weighted by Crippen LogP contribution is 2.35. The number of ether oxygens (including phenoxy) is 1. The largest absolute Gasteiger partial charge is 0.467 e. The second-order valence-corrected chi connectivity index (χ2v) is 6.82. The minimum absolute atomic E-state index is 0.116. The first kappa shape index (κ1) is 18.8. The highest BCUT2D eigenvalue weighted by Gasteiger charge is 2.31. The Morgan fingerprint density at radius 3 is 2.76 bits per heavy atom. The summed E-state index contributed by atoms with van der Waals surface area (Å²) < 4.78 is 11.0. The van der Waals surface area contributed by atoms with E-state index in [0.29, 0.717) is 22.2 Å². The highest BCUT2D eigenvalue weighted by atomic mass is 35.5. The van der Waals surface area contributed by atoms with Crippen LogP contribution in [0.25, 0.3) is 6.08 Å². The molecule has 1 aliphatic heterocycles. The predicted octanol–water partition coefficient (Wildman–Crippen LogP) is 4.02. The minimum Gasteiger partial charge on any atom is -0.467 e. The summed E-state index contributed by atoms with van der Waals surface area (Å²) in [6.07, 6.45) is 3.15. The van der Waals surface area contributed by atoms with E-state index in [4.69, 9.17) is 20.8 Å². The second-order valence-electron chi connectivity index (χ2n) is 6.38. The first-order chi connectivity index (χ1) is 14.1. The van der Waals surface area contributed by atoms with E-state index in [0.717, 1.165) is 5.56 Å². The number of carbonyl (C=O) groups excluding carboxylic acids is 2. The lowest BCUT2D eigenvalue weighted by Crippen LogP contribution is -2.44. The van der Waals surface area contributed by atoms with Gasteiger partial charge < -0.3 is 14.5 Å². The molecule has 6 nitrogen and oxygen atoms in total. The molecule has 2 amide bonds. The van der Waals surface area contributed by atoms with Crippen LogP contribution in [-0.2, 0) is 16.1 Å². The smallest absolute Gasteiger partial charge is 0.294 e. The van der Waals surface area contributed by atoms with Gasteiger partial charge in [-0.25, -0.2) is 0 Å². The fraction of sp³-hybridized carbons (Fsp3) is 0.0909. The molecule has 0 saturated carbocycles. The molecular weight excluding hydrogens is 392 g/mol. The minimum atomic E-state index is -0.406. The molecule has 1 N–H and O–H groups in total. The van der Waals surface area contributed by atoms with Gasteiger partial charge in [-0.3, -0.25) is 14.5 Å². The number of furan rings is 1. The average Bonchev–Trinajstić information content (AvgIpc) is 3.23. The van der Waals surface area contributed by atoms with Crippen molar-refractivity contribution in [1.29, 1.82) is 0 Å². The normalized spacial score (nSPS) is 14.4. The van der Waals surface area contributed by atoms with Crippen molar-refractivity contribution in [3.8, 4) is 5.75 Å². The van der Waals surface area contributed by atoms with Crippen molar-refractivity contribution in [2.45, 2.75) is 6.54 Å². The summed E-state index contributed by atoms with van der Waals surface area (Å²) >= 11 is 6.03. The van der Waals surface area contributed by atoms with E-state index < -0.39 is 5.91 Å².